The molecule has 0 radical (unpaired) electrons. The molecule has 0 spiro atoms. The van der Waals surface area contributed by atoms with Crippen LogP contribution in [0.15, 0.2) is 54.6 Å². The van der Waals surface area contributed by atoms with E-state index in [9.17, 15) is 18.0 Å². The van der Waals surface area contributed by atoms with Gasteiger partial charge in [0.05, 0.1) is 11.9 Å². The van der Waals surface area contributed by atoms with Gasteiger partial charge in [-0.15, -0.1) is 0 Å². The number of hydrogen-bond acceptors (Lipinski definition) is 4. The number of sulfonamides is 1. The molecule has 0 bridgehead atoms. The molecule has 1 atom stereocenters. The summed E-state index contributed by atoms with van der Waals surface area (Å²) in [6.45, 7) is 8.26. The fraction of sp³-hybridized carbons (Fsp3) is 0.481. The van der Waals surface area contributed by atoms with Crippen molar-refractivity contribution in [1.29, 1.82) is 0 Å². The third-order valence-corrected chi connectivity index (χ3v) is 7.05. The number of carbonyl (C=O) groups is 2. The zero-order valence-corrected chi connectivity index (χ0v) is 22.3. The number of rotatable bonds is 13. The quantitative estimate of drug-likeness (QED) is 0.450. The molecule has 0 fully saturated rings. The Kier molecular flexibility index (Phi) is 10.8. The summed E-state index contributed by atoms with van der Waals surface area (Å²) in [5, 5.41) is 2.89. The molecule has 2 aromatic carbocycles. The topological polar surface area (TPSA) is 86.8 Å². The fourth-order valence-corrected chi connectivity index (χ4v) is 4.93. The molecule has 2 aromatic rings. The first-order valence-corrected chi connectivity index (χ1v) is 14.1. The maximum absolute atomic E-state index is 13.7. The first-order chi connectivity index (χ1) is 16.6. The lowest BCUT2D eigenvalue weighted by Gasteiger charge is -2.33. The number of amides is 2. The average Bonchev–Trinajstić information content (AvgIpc) is 2.83. The Labute approximate surface area is 210 Å². The second-order valence-corrected chi connectivity index (χ2v) is 10.9. The summed E-state index contributed by atoms with van der Waals surface area (Å²) in [4.78, 5) is 28.2. The van der Waals surface area contributed by atoms with Crippen LogP contribution in [0.1, 0.15) is 57.6 Å². The lowest BCUT2D eigenvalue weighted by molar-refractivity contribution is -0.139. The minimum Gasteiger partial charge on any atom is -0.354 e. The Hall–Kier alpha value is -2.87. The van der Waals surface area contributed by atoms with E-state index >= 15 is 0 Å². The van der Waals surface area contributed by atoms with Gasteiger partial charge in [-0.1, -0.05) is 76.2 Å². The highest BCUT2D eigenvalue weighted by atomic mass is 32.2. The van der Waals surface area contributed by atoms with Crippen LogP contribution in [-0.2, 0) is 26.0 Å². The zero-order chi connectivity index (χ0) is 26.0. The maximum atomic E-state index is 13.7. The summed E-state index contributed by atoms with van der Waals surface area (Å²) in [6.07, 6.45) is 2.88. The molecule has 0 heterocycles. The second kappa shape index (κ2) is 13.3. The summed E-state index contributed by atoms with van der Waals surface area (Å²) >= 11 is 0. The Morgan fingerprint density at radius 2 is 1.60 bits per heavy atom. The summed E-state index contributed by atoms with van der Waals surface area (Å²) in [5.74, 6) is -0.546. The van der Waals surface area contributed by atoms with Crippen molar-refractivity contribution in [2.45, 2.75) is 58.9 Å². The molecule has 0 aliphatic heterocycles. The minimum absolute atomic E-state index is 0.0722. The SMILES string of the molecule is CCCNC(=O)[C@H](CC)N(CCc1ccccc1)C(=O)CN(c1ccccc1C(C)C)S(C)(=O)=O. The van der Waals surface area contributed by atoms with Gasteiger partial charge in [-0.3, -0.25) is 13.9 Å². The van der Waals surface area contributed by atoms with Crippen molar-refractivity contribution in [3.05, 3.63) is 65.7 Å². The van der Waals surface area contributed by atoms with E-state index in [0.29, 0.717) is 31.6 Å². The number of nitrogens with zero attached hydrogens (tertiary/aromatic N) is 2. The number of anilines is 1. The molecule has 0 saturated carbocycles. The molecule has 0 aliphatic carbocycles. The van der Waals surface area contributed by atoms with E-state index < -0.39 is 22.0 Å². The Bertz CT molecular complexity index is 1070. The molecule has 8 heteroatoms. The van der Waals surface area contributed by atoms with E-state index in [2.05, 4.69) is 5.32 Å². The molecule has 35 heavy (non-hydrogen) atoms. The summed E-state index contributed by atoms with van der Waals surface area (Å²) < 4.78 is 26.8. The van der Waals surface area contributed by atoms with Crippen LogP contribution in [0.5, 0.6) is 0 Å². The number of hydrogen-bond donors (Lipinski definition) is 1. The second-order valence-electron chi connectivity index (χ2n) is 9.02. The van der Waals surface area contributed by atoms with Gasteiger partial charge in [-0.2, -0.15) is 0 Å². The van der Waals surface area contributed by atoms with E-state index in [4.69, 9.17) is 0 Å². The van der Waals surface area contributed by atoms with Crippen molar-refractivity contribution >= 4 is 27.5 Å². The first kappa shape index (κ1) is 28.4. The minimum atomic E-state index is -3.75. The number of nitrogens with one attached hydrogen (secondary N) is 1. The van der Waals surface area contributed by atoms with Crippen molar-refractivity contribution < 1.29 is 18.0 Å². The van der Waals surface area contributed by atoms with Crippen LogP contribution in [0.4, 0.5) is 5.69 Å². The normalized spacial score (nSPS) is 12.3. The van der Waals surface area contributed by atoms with Gasteiger partial charge in [0, 0.05) is 13.1 Å². The number of para-hydroxylation sites is 1. The van der Waals surface area contributed by atoms with Crippen molar-refractivity contribution in [2.24, 2.45) is 0 Å². The van der Waals surface area contributed by atoms with Gasteiger partial charge in [-0.25, -0.2) is 8.42 Å². The van der Waals surface area contributed by atoms with Gasteiger partial charge >= 0.3 is 0 Å². The van der Waals surface area contributed by atoms with Gasteiger partial charge in [0.25, 0.3) is 0 Å². The molecule has 192 valence electrons. The van der Waals surface area contributed by atoms with Crippen LogP contribution >= 0.6 is 0 Å². The molecule has 0 aliphatic rings. The highest BCUT2D eigenvalue weighted by Gasteiger charge is 2.32. The molecular weight excluding hydrogens is 462 g/mol. The Morgan fingerprint density at radius 1 is 0.971 bits per heavy atom. The Balaban J connectivity index is 2.41. The highest BCUT2D eigenvalue weighted by molar-refractivity contribution is 7.92. The fourth-order valence-electron chi connectivity index (χ4n) is 4.06. The standard InChI is InChI=1S/C27H39N3O4S/c1-6-18-28-27(32)24(7-2)29(19-17-22-13-9-8-10-14-22)26(31)20-30(35(5,33)34)25-16-12-11-15-23(25)21(3)4/h8-16,21,24H,6-7,17-20H2,1-5H3,(H,28,32)/t24-/m0/s1. The van der Waals surface area contributed by atoms with E-state index in [-0.39, 0.29) is 18.4 Å². The smallest absolute Gasteiger partial charge is 0.244 e. The summed E-state index contributed by atoms with van der Waals surface area (Å²) in [5.41, 5.74) is 2.37. The van der Waals surface area contributed by atoms with Crippen molar-refractivity contribution in [1.82, 2.24) is 10.2 Å². The van der Waals surface area contributed by atoms with Crippen LogP contribution in [0.2, 0.25) is 0 Å². The molecule has 2 amide bonds. The van der Waals surface area contributed by atoms with E-state index in [1.807, 2.05) is 70.2 Å². The third kappa shape index (κ3) is 8.09. The van der Waals surface area contributed by atoms with Crippen LogP contribution in [-0.4, -0.2) is 57.1 Å². The van der Waals surface area contributed by atoms with Crippen molar-refractivity contribution in [3.63, 3.8) is 0 Å². The van der Waals surface area contributed by atoms with Crippen LogP contribution in [0.25, 0.3) is 0 Å². The number of carbonyl (C=O) groups excluding carboxylic acids is 2. The van der Waals surface area contributed by atoms with Crippen molar-refractivity contribution in [2.75, 3.05) is 30.2 Å². The summed E-state index contributed by atoms with van der Waals surface area (Å²) in [7, 11) is -3.75. The predicted molar refractivity (Wildman–Crippen MR) is 142 cm³/mol. The molecule has 1 N–H and O–H groups in total. The van der Waals surface area contributed by atoms with E-state index in [1.165, 1.54) is 4.90 Å². The van der Waals surface area contributed by atoms with Gasteiger partial charge in [0.1, 0.15) is 12.6 Å². The van der Waals surface area contributed by atoms with Crippen molar-refractivity contribution in [3.8, 4) is 0 Å². The molecule has 0 unspecified atom stereocenters. The van der Waals surface area contributed by atoms with E-state index in [1.54, 1.807) is 12.1 Å². The first-order valence-electron chi connectivity index (χ1n) is 12.3. The van der Waals surface area contributed by atoms with Crippen LogP contribution in [0.3, 0.4) is 0 Å². The average molecular weight is 502 g/mol. The van der Waals surface area contributed by atoms with Gasteiger partial charge < -0.3 is 10.2 Å². The van der Waals surface area contributed by atoms with Crippen LogP contribution < -0.4 is 9.62 Å². The Morgan fingerprint density at radius 3 is 2.17 bits per heavy atom. The lowest BCUT2D eigenvalue weighted by Crippen LogP contribution is -2.53. The zero-order valence-electron chi connectivity index (χ0n) is 21.5. The molecule has 2 rings (SSSR count). The number of benzene rings is 2. The maximum Gasteiger partial charge on any atom is 0.244 e. The largest absolute Gasteiger partial charge is 0.354 e. The van der Waals surface area contributed by atoms with Gasteiger partial charge in [0.15, 0.2) is 0 Å². The van der Waals surface area contributed by atoms with Crippen LogP contribution in [0, 0.1) is 0 Å². The lowest BCUT2D eigenvalue weighted by atomic mass is 10.0. The van der Waals surface area contributed by atoms with Gasteiger partial charge in [0.2, 0.25) is 21.8 Å². The summed E-state index contributed by atoms with van der Waals surface area (Å²) in [6, 6.07) is 16.3. The van der Waals surface area contributed by atoms with Gasteiger partial charge in [-0.05, 0) is 42.4 Å². The third-order valence-electron chi connectivity index (χ3n) is 5.93. The molecule has 0 saturated heterocycles. The molecule has 7 nitrogen and oxygen atoms in total. The molecular formula is C27H39N3O4S. The van der Waals surface area contributed by atoms with E-state index in [0.717, 1.165) is 28.1 Å². The molecule has 0 aromatic heterocycles. The monoisotopic (exact) mass is 501 g/mol. The highest BCUT2D eigenvalue weighted by Crippen LogP contribution is 2.29. The predicted octanol–water partition coefficient (Wildman–Crippen LogP) is 3.95.